The number of nitrogens with zero attached hydrogens (tertiary/aromatic N) is 1. The first-order valence-corrected chi connectivity index (χ1v) is 2.10. The Hall–Kier alpha value is -0.400. The van der Waals surface area contributed by atoms with E-state index in [1.807, 2.05) is 13.8 Å². The molecule has 0 saturated carbocycles. The summed E-state index contributed by atoms with van der Waals surface area (Å²) >= 11 is 0. The zero-order chi connectivity index (χ0) is 4.99. The Bertz CT molecular complexity index is 40.8. The SMILES string of the molecule is CC(C)CN=N. The first kappa shape index (κ1) is 5.60. The summed E-state index contributed by atoms with van der Waals surface area (Å²) in [5, 5.41) is 3.19. The van der Waals surface area contributed by atoms with Gasteiger partial charge in [0.05, 0.1) is 6.54 Å². The van der Waals surface area contributed by atoms with Crippen molar-refractivity contribution in [3.63, 3.8) is 0 Å². The van der Waals surface area contributed by atoms with Crippen LogP contribution in [0.4, 0.5) is 0 Å². The van der Waals surface area contributed by atoms with E-state index < -0.39 is 0 Å². The largest absolute Gasteiger partial charge is 0.210 e. The van der Waals surface area contributed by atoms with E-state index in [9.17, 15) is 0 Å². The smallest absolute Gasteiger partial charge is 0.0619 e. The average Bonchev–Trinajstić information content (AvgIpc) is 1.35. The van der Waals surface area contributed by atoms with Gasteiger partial charge in [0, 0.05) is 0 Å². The fourth-order valence-electron chi connectivity index (χ4n) is 0.183. The van der Waals surface area contributed by atoms with Gasteiger partial charge >= 0.3 is 0 Å². The van der Waals surface area contributed by atoms with Crippen LogP contribution in [-0.2, 0) is 0 Å². The third-order valence-corrected chi connectivity index (χ3v) is 0.456. The first-order chi connectivity index (χ1) is 2.77. The van der Waals surface area contributed by atoms with Gasteiger partial charge in [0.25, 0.3) is 0 Å². The monoisotopic (exact) mass is 86.1 g/mol. The minimum absolute atomic E-state index is 0.544. The summed E-state index contributed by atoms with van der Waals surface area (Å²) in [5.74, 6) is 0.544. The van der Waals surface area contributed by atoms with E-state index in [0.29, 0.717) is 12.5 Å². The van der Waals surface area contributed by atoms with Gasteiger partial charge in [-0.05, 0) is 5.92 Å². The van der Waals surface area contributed by atoms with Crippen molar-refractivity contribution in [3.05, 3.63) is 0 Å². The van der Waals surface area contributed by atoms with Crippen LogP contribution in [0.25, 0.3) is 0 Å². The summed E-state index contributed by atoms with van der Waals surface area (Å²) in [6, 6.07) is 0. The molecule has 0 rings (SSSR count). The van der Waals surface area contributed by atoms with Gasteiger partial charge < -0.3 is 0 Å². The summed E-state index contributed by atoms with van der Waals surface area (Å²) in [5.41, 5.74) is 6.36. The number of hydrogen-bond acceptors (Lipinski definition) is 2. The lowest BCUT2D eigenvalue weighted by Crippen LogP contribution is -1.88. The predicted molar refractivity (Wildman–Crippen MR) is 24.9 cm³/mol. The Morgan fingerprint density at radius 3 is 2.17 bits per heavy atom. The van der Waals surface area contributed by atoms with E-state index in [1.165, 1.54) is 0 Å². The maximum atomic E-state index is 6.36. The maximum absolute atomic E-state index is 6.36. The van der Waals surface area contributed by atoms with Crippen molar-refractivity contribution in [3.8, 4) is 0 Å². The summed E-state index contributed by atoms with van der Waals surface area (Å²) in [6.07, 6.45) is 0. The lowest BCUT2D eigenvalue weighted by atomic mass is 10.2. The molecule has 1 N–H and O–H groups in total. The van der Waals surface area contributed by atoms with Crippen LogP contribution in [0, 0.1) is 11.4 Å². The Balaban J connectivity index is 2.81. The molecule has 0 radical (unpaired) electrons. The van der Waals surface area contributed by atoms with E-state index in [-0.39, 0.29) is 0 Å². The Morgan fingerprint density at radius 2 is 2.17 bits per heavy atom. The van der Waals surface area contributed by atoms with Crippen LogP contribution in [0.2, 0.25) is 0 Å². The highest BCUT2D eigenvalue weighted by Gasteiger charge is 1.84. The summed E-state index contributed by atoms with van der Waals surface area (Å²) in [6.45, 7) is 4.75. The van der Waals surface area contributed by atoms with Crippen molar-refractivity contribution < 1.29 is 0 Å². The Morgan fingerprint density at radius 1 is 1.67 bits per heavy atom. The molecule has 0 bridgehead atoms. The highest BCUT2D eigenvalue weighted by atomic mass is 14.9. The molecule has 0 aliphatic heterocycles. The van der Waals surface area contributed by atoms with Crippen LogP contribution in [0.15, 0.2) is 5.11 Å². The quantitative estimate of drug-likeness (QED) is 0.496. The van der Waals surface area contributed by atoms with Gasteiger partial charge in [0.2, 0.25) is 0 Å². The molecule has 0 atom stereocenters. The van der Waals surface area contributed by atoms with Gasteiger partial charge in [-0.2, -0.15) is 5.11 Å². The van der Waals surface area contributed by atoms with Crippen LogP contribution in [-0.4, -0.2) is 6.54 Å². The lowest BCUT2D eigenvalue weighted by molar-refractivity contribution is 0.636. The van der Waals surface area contributed by atoms with Crippen molar-refractivity contribution in [2.75, 3.05) is 6.54 Å². The van der Waals surface area contributed by atoms with Crippen molar-refractivity contribution in [2.45, 2.75) is 13.8 Å². The zero-order valence-electron chi connectivity index (χ0n) is 4.23. The highest BCUT2D eigenvalue weighted by Crippen LogP contribution is 1.88. The molecule has 0 aromatic carbocycles. The summed E-state index contributed by atoms with van der Waals surface area (Å²) in [4.78, 5) is 0. The molecule has 0 fully saturated rings. The number of hydrogen-bond donors (Lipinski definition) is 1. The third kappa shape index (κ3) is 3.60. The normalized spacial score (nSPS) is 9.17. The molecule has 0 unspecified atom stereocenters. The fraction of sp³-hybridized carbons (Fsp3) is 1.00. The molecule has 0 aliphatic carbocycles. The lowest BCUT2D eigenvalue weighted by Gasteiger charge is -1.90. The molecule has 0 aliphatic rings. The molecule has 0 aromatic heterocycles. The van der Waals surface area contributed by atoms with Crippen molar-refractivity contribution in [2.24, 2.45) is 11.0 Å². The van der Waals surface area contributed by atoms with Crippen molar-refractivity contribution >= 4 is 0 Å². The second-order valence-electron chi connectivity index (χ2n) is 1.73. The summed E-state index contributed by atoms with van der Waals surface area (Å²) < 4.78 is 0. The van der Waals surface area contributed by atoms with E-state index in [4.69, 9.17) is 5.53 Å². The van der Waals surface area contributed by atoms with Crippen LogP contribution in [0.5, 0.6) is 0 Å². The van der Waals surface area contributed by atoms with Gasteiger partial charge in [0.15, 0.2) is 0 Å². The van der Waals surface area contributed by atoms with Crippen LogP contribution in [0.1, 0.15) is 13.8 Å². The molecule has 2 heteroatoms. The second kappa shape index (κ2) is 2.82. The van der Waals surface area contributed by atoms with E-state index in [0.717, 1.165) is 0 Å². The van der Waals surface area contributed by atoms with Crippen molar-refractivity contribution in [1.82, 2.24) is 0 Å². The van der Waals surface area contributed by atoms with E-state index >= 15 is 0 Å². The number of nitrogens with one attached hydrogen (secondary N) is 1. The minimum Gasteiger partial charge on any atom is -0.210 e. The third-order valence-electron chi connectivity index (χ3n) is 0.456. The first-order valence-electron chi connectivity index (χ1n) is 2.10. The molecule has 6 heavy (non-hydrogen) atoms. The van der Waals surface area contributed by atoms with E-state index in [1.54, 1.807) is 0 Å². The topological polar surface area (TPSA) is 36.2 Å². The van der Waals surface area contributed by atoms with Gasteiger partial charge in [-0.1, -0.05) is 13.8 Å². The summed E-state index contributed by atoms with van der Waals surface area (Å²) in [7, 11) is 0. The van der Waals surface area contributed by atoms with Crippen molar-refractivity contribution in [1.29, 1.82) is 5.53 Å². The number of rotatable bonds is 2. The Kier molecular flexibility index (Phi) is 2.63. The minimum atomic E-state index is 0.544. The van der Waals surface area contributed by atoms with E-state index in [2.05, 4.69) is 5.11 Å². The van der Waals surface area contributed by atoms with Crippen LogP contribution < -0.4 is 0 Å². The van der Waals surface area contributed by atoms with Crippen LogP contribution >= 0.6 is 0 Å². The molecular weight excluding hydrogens is 76.1 g/mol. The molecule has 36 valence electrons. The average molecular weight is 86.1 g/mol. The second-order valence-corrected chi connectivity index (χ2v) is 1.73. The molecule has 0 aromatic rings. The molecule has 0 spiro atoms. The standard InChI is InChI=1S/C4H10N2/c1-4(2)3-6-5/h4-5H,3H2,1-2H3. The molecule has 2 nitrogen and oxygen atoms in total. The fourth-order valence-corrected chi connectivity index (χ4v) is 0.183. The zero-order valence-corrected chi connectivity index (χ0v) is 4.23. The molecule has 0 heterocycles. The van der Waals surface area contributed by atoms with Crippen LogP contribution in [0.3, 0.4) is 0 Å². The van der Waals surface area contributed by atoms with Gasteiger partial charge in [-0.15, -0.1) is 0 Å². The molecular formula is C4H10N2. The van der Waals surface area contributed by atoms with Gasteiger partial charge in [-0.3, -0.25) is 0 Å². The Labute approximate surface area is 38.1 Å². The van der Waals surface area contributed by atoms with Gasteiger partial charge in [-0.25, -0.2) is 5.53 Å². The van der Waals surface area contributed by atoms with Gasteiger partial charge in [0.1, 0.15) is 0 Å². The predicted octanol–water partition coefficient (Wildman–Crippen LogP) is 1.67. The highest BCUT2D eigenvalue weighted by molar-refractivity contribution is 4.41. The molecule has 0 amide bonds. The molecule has 0 saturated heterocycles. The maximum Gasteiger partial charge on any atom is 0.0619 e.